The monoisotopic (exact) mass is 701 g/mol. The maximum Gasteiger partial charge on any atom is 0.246 e. The third-order valence-electron chi connectivity index (χ3n) is 10.1. The number of ketones is 1. The molecule has 0 bridgehead atoms. The van der Waals surface area contributed by atoms with Gasteiger partial charge in [0.05, 0.1) is 12.6 Å². The summed E-state index contributed by atoms with van der Waals surface area (Å²) in [5.41, 5.74) is 1.000. The number of amides is 4. The van der Waals surface area contributed by atoms with Crippen molar-refractivity contribution in [2.24, 2.45) is 5.92 Å². The molecule has 2 heterocycles. The Morgan fingerprint density at radius 1 is 0.922 bits per heavy atom. The number of epoxide rings is 1. The number of aryl methyl sites for hydroxylation is 1. The SMILES string of the molecule is CC(C)CC(NC(=O)[C@H](Cc1ccccc1)N1C(=O)C(NC(=O)[C@H](CCc2ccccc2)NC(=O)CCCNC2CC2)CC1C)C(=O)C1(C)CO1. The Kier molecular flexibility index (Phi) is 13.0. The molecule has 0 radical (unpaired) electrons. The number of carbonyl (C=O) groups is 5. The van der Waals surface area contributed by atoms with Crippen LogP contribution in [0.5, 0.6) is 0 Å². The Morgan fingerprint density at radius 2 is 1.57 bits per heavy atom. The number of carbonyl (C=O) groups excluding carboxylic acids is 5. The van der Waals surface area contributed by atoms with Crippen LogP contribution >= 0.6 is 0 Å². The Morgan fingerprint density at radius 3 is 2.18 bits per heavy atom. The summed E-state index contributed by atoms with van der Waals surface area (Å²) >= 11 is 0. The molecule has 276 valence electrons. The molecule has 4 N–H and O–H groups in total. The van der Waals surface area contributed by atoms with Crippen LogP contribution in [0, 0.1) is 5.92 Å². The third-order valence-corrected chi connectivity index (χ3v) is 10.1. The van der Waals surface area contributed by atoms with E-state index in [-0.39, 0.29) is 36.0 Å². The van der Waals surface area contributed by atoms with Gasteiger partial charge in [-0.25, -0.2) is 0 Å². The molecule has 2 aliphatic heterocycles. The van der Waals surface area contributed by atoms with Crippen LogP contribution in [0.1, 0.15) is 83.8 Å². The van der Waals surface area contributed by atoms with Crippen LogP contribution in [0.3, 0.4) is 0 Å². The van der Waals surface area contributed by atoms with E-state index in [1.165, 1.54) is 12.8 Å². The average molecular weight is 702 g/mol. The Bertz CT molecular complexity index is 1510. The van der Waals surface area contributed by atoms with Crippen molar-refractivity contribution >= 4 is 29.4 Å². The van der Waals surface area contributed by atoms with E-state index in [0.29, 0.717) is 51.2 Å². The highest BCUT2D eigenvalue weighted by atomic mass is 16.6. The molecule has 4 unspecified atom stereocenters. The minimum absolute atomic E-state index is 0.135. The number of hydrogen-bond acceptors (Lipinski definition) is 7. The first kappa shape index (κ1) is 38.1. The molecule has 2 saturated heterocycles. The van der Waals surface area contributed by atoms with E-state index in [1.54, 1.807) is 11.8 Å². The van der Waals surface area contributed by atoms with Gasteiger partial charge in [-0.1, -0.05) is 74.5 Å². The number of rotatable bonds is 20. The molecule has 1 aliphatic carbocycles. The van der Waals surface area contributed by atoms with Gasteiger partial charge in [0, 0.05) is 24.9 Å². The fourth-order valence-electron chi connectivity index (χ4n) is 6.88. The van der Waals surface area contributed by atoms with Gasteiger partial charge in [-0.3, -0.25) is 24.0 Å². The lowest BCUT2D eigenvalue weighted by Gasteiger charge is -2.33. The summed E-state index contributed by atoms with van der Waals surface area (Å²) in [6, 6.07) is 16.0. The molecule has 1 saturated carbocycles. The van der Waals surface area contributed by atoms with Gasteiger partial charge in [-0.2, -0.15) is 0 Å². The molecule has 11 heteroatoms. The lowest BCUT2D eigenvalue weighted by Crippen LogP contribution is -2.57. The maximum atomic E-state index is 14.2. The molecule has 51 heavy (non-hydrogen) atoms. The molecule has 3 fully saturated rings. The first-order chi connectivity index (χ1) is 24.4. The summed E-state index contributed by atoms with van der Waals surface area (Å²) in [6.07, 6.45) is 5.24. The summed E-state index contributed by atoms with van der Waals surface area (Å²) in [6.45, 7) is 8.65. The molecular formula is C40H55N5O6. The molecule has 4 amide bonds. The largest absolute Gasteiger partial charge is 0.361 e. The van der Waals surface area contributed by atoms with E-state index in [2.05, 4.69) is 21.3 Å². The minimum Gasteiger partial charge on any atom is -0.361 e. The molecular weight excluding hydrogens is 646 g/mol. The molecule has 0 spiro atoms. The van der Waals surface area contributed by atoms with E-state index >= 15 is 0 Å². The second-order valence-corrected chi connectivity index (χ2v) is 15.1. The molecule has 6 atom stereocenters. The van der Waals surface area contributed by atoms with Gasteiger partial charge in [0.25, 0.3) is 0 Å². The number of ether oxygens (including phenoxy) is 1. The van der Waals surface area contributed by atoms with Crippen molar-refractivity contribution in [3.05, 3.63) is 71.8 Å². The summed E-state index contributed by atoms with van der Waals surface area (Å²) in [5.74, 6) is -1.45. The van der Waals surface area contributed by atoms with Crippen molar-refractivity contribution in [1.29, 1.82) is 0 Å². The van der Waals surface area contributed by atoms with Gasteiger partial charge in [0.2, 0.25) is 23.6 Å². The van der Waals surface area contributed by atoms with Crippen LogP contribution < -0.4 is 21.3 Å². The first-order valence-corrected chi connectivity index (χ1v) is 18.6. The van der Waals surface area contributed by atoms with Crippen LogP contribution in [0.2, 0.25) is 0 Å². The van der Waals surface area contributed by atoms with Gasteiger partial charge < -0.3 is 30.9 Å². The van der Waals surface area contributed by atoms with Crippen molar-refractivity contribution in [2.45, 2.75) is 127 Å². The molecule has 2 aromatic carbocycles. The zero-order valence-corrected chi connectivity index (χ0v) is 30.5. The molecule has 2 aromatic rings. The van der Waals surface area contributed by atoms with Gasteiger partial charge in [-0.15, -0.1) is 0 Å². The number of benzene rings is 2. The fourth-order valence-corrected chi connectivity index (χ4v) is 6.88. The summed E-state index contributed by atoms with van der Waals surface area (Å²) in [4.78, 5) is 70.1. The van der Waals surface area contributed by atoms with Crippen molar-refractivity contribution in [2.75, 3.05) is 13.2 Å². The standard InChI is InChI=1S/C40H55N5O6/c1-26(2)22-32(36(47)40(4)25-51-40)43-38(49)34(24-29-14-9-6-10-15-29)45-27(3)23-33(39(45)50)44-37(48)31(20-17-28-12-7-5-8-13-28)42-35(46)16-11-21-41-30-18-19-30/h5-10,12-15,26-27,30-34,41H,11,16-25H2,1-4H3,(H,42,46)(H,43,49)(H,44,48)/t27?,31-,32?,33?,34-,40?/m0/s1. The van der Waals surface area contributed by atoms with Crippen LogP contribution in [-0.4, -0.2) is 89.3 Å². The Hall–Kier alpha value is -4.09. The highest BCUT2D eigenvalue weighted by Gasteiger charge is 2.51. The number of Topliss-reactive ketones (excluding diaryl/α,β-unsaturated/α-hetero) is 1. The minimum atomic E-state index is -0.912. The van der Waals surface area contributed by atoms with Crippen molar-refractivity contribution in [3.63, 3.8) is 0 Å². The maximum absolute atomic E-state index is 14.2. The van der Waals surface area contributed by atoms with Crippen LogP contribution in [0.25, 0.3) is 0 Å². The lowest BCUT2D eigenvalue weighted by molar-refractivity contribution is -0.142. The number of nitrogens with one attached hydrogen (secondary N) is 4. The van der Waals surface area contributed by atoms with Crippen molar-refractivity contribution in [3.8, 4) is 0 Å². The Balaban J connectivity index is 1.29. The third kappa shape index (κ3) is 11.0. The number of hydrogen-bond donors (Lipinski definition) is 4. The summed E-state index contributed by atoms with van der Waals surface area (Å²) < 4.78 is 5.43. The van der Waals surface area contributed by atoms with E-state index in [1.807, 2.05) is 81.4 Å². The second-order valence-electron chi connectivity index (χ2n) is 15.1. The first-order valence-electron chi connectivity index (χ1n) is 18.6. The Labute approximate surface area is 302 Å². The predicted octanol–water partition coefficient (Wildman–Crippen LogP) is 3.24. The average Bonchev–Trinajstić information content (AvgIpc) is 4.05. The summed E-state index contributed by atoms with van der Waals surface area (Å²) in [5, 5.41) is 12.3. The van der Waals surface area contributed by atoms with Crippen LogP contribution in [-0.2, 0) is 41.6 Å². The van der Waals surface area contributed by atoms with E-state index in [0.717, 1.165) is 17.7 Å². The van der Waals surface area contributed by atoms with E-state index < -0.39 is 41.6 Å². The highest BCUT2D eigenvalue weighted by Crippen LogP contribution is 2.30. The normalized spacial score (nSPS) is 23.0. The quantitative estimate of drug-likeness (QED) is 0.122. The van der Waals surface area contributed by atoms with Crippen molar-refractivity contribution in [1.82, 2.24) is 26.2 Å². The zero-order chi connectivity index (χ0) is 36.5. The molecule has 5 rings (SSSR count). The summed E-state index contributed by atoms with van der Waals surface area (Å²) in [7, 11) is 0. The van der Waals surface area contributed by atoms with E-state index in [4.69, 9.17) is 4.74 Å². The van der Waals surface area contributed by atoms with Gasteiger partial charge in [0.15, 0.2) is 5.78 Å². The van der Waals surface area contributed by atoms with Gasteiger partial charge >= 0.3 is 0 Å². The number of nitrogens with zero attached hydrogens (tertiary/aromatic N) is 1. The molecule has 0 aromatic heterocycles. The predicted molar refractivity (Wildman–Crippen MR) is 194 cm³/mol. The molecule has 11 nitrogen and oxygen atoms in total. The van der Waals surface area contributed by atoms with E-state index in [9.17, 15) is 24.0 Å². The second kappa shape index (κ2) is 17.4. The molecule has 3 aliphatic rings. The van der Waals surface area contributed by atoms with Crippen molar-refractivity contribution < 1.29 is 28.7 Å². The highest BCUT2D eigenvalue weighted by molar-refractivity contribution is 5.99. The number of likely N-dealkylation sites (tertiary alicyclic amines) is 1. The smallest absolute Gasteiger partial charge is 0.246 e. The van der Waals surface area contributed by atoms with Crippen LogP contribution in [0.15, 0.2) is 60.7 Å². The topological polar surface area (TPSA) is 149 Å². The van der Waals surface area contributed by atoms with Gasteiger partial charge in [-0.05, 0) is 82.4 Å². The van der Waals surface area contributed by atoms with Crippen LogP contribution in [0.4, 0.5) is 0 Å². The zero-order valence-electron chi connectivity index (χ0n) is 30.5. The van der Waals surface area contributed by atoms with Gasteiger partial charge in [0.1, 0.15) is 23.7 Å². The lowest BCUT2D eigenvalue weighted by atomic mass is 9.92. The fraction of sp³-hybridized carbons (Fsp3) is 0.575.